The number of pyridine rings is 1. The summed E-state index contributed by atoms with van der Waals surface area (Å²) < 4.78 is 2.34. The Morgan fingerprint density at radius 2 is 1.77 bits per heavy atom. The van der Waals surface area contributed by atoms with Crippen LogP contribution in [0.4, 0.5) is 5.82 Å². The first kappa shape index (κ1) is 21.2. The fourth-order valence-electron chi connectivity index (χ4n) is 3.36. The Kier molecular flexibility index (Phi) is 6.58. The second-order valence-electron chi connectivity index (χ2n) is 7.12. The minimum atomic E-state index is -0.649. The van der Waals surface area contributed by atoms with Gasteiger partial charge in [0.15, 0.2) is 5.78 Å². The van der Waals surface area contributed by atoms with Crippen molar-refractivity contribution >= 4 is 11.6 Å². The van der Waals surface area contributed by atoms with E-state index in [2.05, 4.69) is 4.98 Å². The third-order valence-corrected chi connectivity index (χ3v) is 4.84. The fourth-order valence-corrected chi connectivity index (χ4v) is 3.36. The van der Waals surface area contributed by atoms with Gasteiger partial charge in [0.2, 0.25) is 0 Å². The van der Waals surface area contributed by atoms with Crippen LogP contribution in [-0.2, 0) is 19.6 Å². The molecule has 3 aromatic rings. The molecule has 0 saturated heterocycles. The van der Waals surface area contributed by atoms with Gasteiger partial charge in [0.25, 0.3) is 5.56 Å². The molecular weight excluding hydrogens is 382 g/mol. The van der Waals surface area contributed by atoms with Gasteiger partial charge in [0, 0.05) is 25.5 Å². The maximum atomic E-state index is 13.0. The topological polar surface area (TPSA) is 103 Å². The second-order valence-corrected chi connectivity index (χ2v) is 7.12. The Balaban J connectivity index is 1.95. The van der Waals surface area contributed by atoms with E-state index >= 15 is 0 Å². The average Bonchev–Trinajstić information content (AvgIpc) is 2.73. The lowest BCUT2D eigenvalue weighted by molar-refractivity contribution is 0.0941. The van der Waals surface area contributed by atoms with Gasteiger partial charge in [-0.15, -0.1) is 0 Å². The summed E-state index contributed by atoms with van der Waals surface area (Å²) in [6.45, 7) is 2.50. The number of nitrogen functional groups attached to an aromatic ring is 1. The van der Waals surface area contributed by atoms with E-state index in [0.717, 1.165) is 15.7 Å². The molecule has 30 heavy (non-hydrogen) atoms. The summed E-state index contributed by atoms with van der Waals surface area (Å²) in [6, 6.07) is 13.0. The number of ketones is 1. The van der Waals surface area contributed by atoms with Crippen molar-refractivity contribution in [1.29, 1.82) is 0 Å². The first-order chi connectivity index (χ1) is 14.4. The number of nitrogens with zero attached hydrogens (tertiary/aromatic N) is 4. The molecule has 0 atom stereocenters. The third kappa shape index (κ3) is 4.55. The number of anilines is 1. The Morgan fingerprint density at radius 1 is 1.07 bits per heavy atom. The zero-order valence-corrected chi connectivity index (χ0v) is 17.1. The smallest absolute Gasteiger partial charge is 0.332 e. The Hall–Kier alpha value is -3.52. The first-order valence-corrected chi connectivity index (χ1v) is 9.70. The van der Waals surface area contributed by atoms with Crippen LogP contribution in [0.3, 0.4) is 0 Å². The van der Waals surface area contributed by atoms with E-state index in [9.17, 15) is 14.4 Å². The Morgan fingerprint density at radius 3 is 2.40 bits per heavy atom. The van der Waals surface area contributed by atoms with Crippen LogP contribution in [0.5, 0.6) is 0 Å². The fraction of sp³-hybridized carbons (Fsp3) is 0.273. The predicted octanol–water partition coefficient (Wildman–Crippen LogP) is 1.37. The van der Waals surface area contributed by atoms with Crippen LogP contribution in [-0.4, -0.2) is 38.4 Å². The number of hydrogen-bond donors (Lipinski definition) is 1. The Labute approximate surface area is 174 Å². The van der Waals surface area contributed by atoms with Crippen molar-refractivity contribution < 1.29 is 4.79 Å². The quantitative estimate of drug-likeness (QED) is 0.566. The molecule has 2 N–H and O–H groups in total. The SMILES string of the molecule is CCn1c(=O)c(C(=O)CN(C)Cc2cccnc2)c(N)n(Cc2ccccc2)c1=O. The standard InChI is InChI=1S/C22H25N5O3/c1-3-26-21(29)19(18(28)15-25(2)13-17-10-7-11-24-12-17)20(23)27(22(26)30)14-16-8-5-4-6-9-16/h4-12H,3,13-15,23H2,1-2H3. The molecule has 8 heteroatoms. The molecule has 0 amide bonds. The van der Waals surface area contributed by atoms with E-state index in [-0.39, 0.29) is 31.0 Å². The number of rotatable bonds is 8. The van der Waals surface area contributed by atoms with Crippen molar-refractivity contribution in [3.05, 3.63) is 92.4 Å². The summed E-state index contributed by atoms with van der Waals surface area (Å²) in [5.41, 5.74) is 6.66. The minimum Gasteiger partial charge on any atom is -0.384 e. The van der Waals surface area contributed by atoms with Gasteiger partial charge in [-0.2, -0.15) is 0 Å². The summed E-state index contributed by atoms with van der Waals surface area (Å²) in [5.74, 6) is -0.522. The summed E-state index contributed by atoms with van der Waals surface area (Å²) in [5, 5.41) is 0. The van der Waals surface area contributed by atoms with Crippen molar-refractivity contribution in [3.8, 4) is 0 Å². The number of aromatic nitrogens is 3. The van der Waals surface area contributed by atoms with Crippen molar-refractivity contribution in [1.82, 2.24) is 19.0 Å². The minimum absolute atomic E-state index is 0.0123. The number of hydrogen-bond acceptors (Lipinski definition) is 6. The molecular formula is C22H25N5O3. The molecule has 0 fully saturated rings. The van der Waals surface area contributed by atoms with Gasteiger partial charge in [0.1, 0.15) is 11.4 Å². The van der Waals surface area contributed by atoms with E-state index in [1.807, 2.05) is 42.5 Å². The number of carbonyl (C=O) groups is 1. The molecule has 0 radical (unpaired) electrons. The lowest BCUT2D eigenvalue weighted by atomic mass is 10.1. The lowest BCUT2D eigenvalue weighted by Crippen LogP contribution is -2.45. The Bertz CT molecular complexity index is 1140. The van der Waals surface area contributed by atoms with Crippen molar-refractivity contribution in [2.75, 3.05) is 19.3 Å². The molecule has 0 bridgehead atoms. The highest BCUT2D eigenvalue weighted by atomic mass is 16.2. The van der Waals surface area contributed by atoms with Gasteiger partial charge in [0.05, 0.1) is 13.1 Å². The number of nitrogens with two attached hydrogens (primary N) is 1. The van der Waals surface area contributed by atoms with Crippen molar-refractivity contribution in [2.45, 2.75) is 26.6 Å². The van der Waals surface area contributed by atoms with Crippen molar-refractivity contribution in [2.24, 2.45) is 0 Å². The first-order valence-electron chi connectivity index (χ1n) is 9.70. The van der Waals surface area contributed by atoms with E-state index in [1.165, 1.54) is 4.57 Å². The largest absolute Gasteiger partial charge is 0.384 e. The highest BCUT2D eigenvalue weighted by Gasteiger charge is 2.23. The van der Waals surface area contributed by atoms with Gasteiger partial charge < -0.3 is 5.73 Å². The summed E-state index contributed by atoms with van der Waals surface area (Å²) in [7, 11) is 1.78. The average molecular weight is 407 g/mol. The van der Waals surface area contributed by atoms with Crippen LogP contribution >= 0.6 is 0 Å². The van der Waals surface area contributed by atoms with Crippen molar-refractivity contribution in [3.63, 3.8) is 0 Å². The maximum Gasteiger partial charge on any atom is 0.332 e. The number of carbonyl (C=O) groups excluding carboxylic acids is 1. The van der Waals surface area contributed by atoms with Crippen LogP contribution in [0.2, 0.25) is 0 Å². The lowest BCUT2D eigenvalue weighted by Gasteiger charge is -2.18. The van der Waals surface area contributed by atoms with Crippen LogP contribution in [0.15, 0.2) is 64.4 Å². The molecule has 0 unspecified atom stereocenters. The third-order valence-electron chi connectivity index (χ3n) is 4.84. The summed E-state index contributed by atoms with van der Waals surface area (Å²) in [6.07, 6.45) is 3.40. The second kappa shape index (κ2) is 9.32. The molecule has 0 saturated carbocycles. The highest BCUT2D eigenvalue weighted by Crippen LogP contribution is 2.11. The summed E-state index contributed by atoms with van der Waals surface area (Å²) >= 11 is 0. The molecule has 2 aromatic heterocycles. The zero-order chi connectivity index (χ0) is 21.7. The number of Topliss-reactive ketones (excluding diaryl/α,β-unsaturated/α-hetero) is 1. The normalized spacial score (nSPS) is 11.0. The van der Waals surface area contributed by atoms with Gasteiger partial charge in [-0.3, -0.25) is 28.6 Å². The van der Waals surface area contributed by atoms with Gasteiger partial charge in [-0.1, -0.05) is 36.4 Å². The van der Waals surface area contributed by atoms with Crippen LogP contribution in [0.25, 0.3) is 0 Å². The highest BCUT2D eigenvalue weighted by molar-refractivity contribution is 6.01. The monoisotopic (exact) mass is 407 g/mol. The molecule has 0 spiro atoms. The zero-order valence-electron chi connectivity index (χ0n) is 17.1. The maximum absolute atomic E-state index is 13.0. The van der Waals surface area contributed by atoms with E-state index in [1.54, 1.807) is 31.3 Å². The van der Waals surface area contributed by atoms with Crippen LogP contribution in [0.1, 0.15) is 28.4 Å². The molecule has 2 heterocycles. The number of benzene rings is 1. The van der Waals surface area contributed by atoms with Crippen LogP contribution in [0, 0.1) is 0 Å². The molecule has 0 aliphatic rings. The molecule has 3 rings (SSSR count). The van der Waals surface area contributed by atoms with Gasteiger partial charge in [-0.05, 0) is 31.2 Å². The van der Waals surface area contributed by atoms with Gasteiger partial charge in [-0.25, -0.2) is 4.79 Å². The molecule has 0 aliphatic carbocycles. The van der Waals surface area contributed by atoms with E-state index in [4.69, 9.17) is 5.73 Å². The summed E-state index contributed by atoms with van der Waals surface area (Å²) in [4.78, 5) is 44.5. The molecule has 8 nitrogen and oxygen atoms in total. The van der Waals surface area contributed by atoms with E-state index < -0.39 is 17.0 Å². The van der Waals surface area contributed by atoms with Crippen LogP contribution < -0.4 is 17.0 Å². The molecule has 156 valence electrons. The van der Waals surface area contributed by atoms with Gasteiger partial charge >= 0.3 is 5.69 Å². The van der Waals surface area contributed by atoms with E-state index in [0.29, 0.717) is 6.54 Å². The predicted molar refractivity (Wildman–Crippen MR) is 115 cm³/mol. The number of likely N-dealkylation sites (N-methyl/N-ethyl adjacent to an activating group) is 1. The molecule has 0 aliphatic heterocycles. The molecule has 1 aromatic carbocycles.